The number of benzene rings is 1. The normalized spacial score (nSPS) is 10.5. The Labute approximate surface area is 88.5 Å². The molecular weight excluding hydrogens is 188 g/mol. The van der Waals surface area contributed by atoms with Crippen LogP contribution in [0.15, 0.2) is 36.4 Å². The van der Waals surface area contributed by atoms with E-state index in [2.05, 4.69) is 5.10 Å². The molecule has 0 atom stereocenters. The maximum absolute atomic E-state index is 5.67. The van der Waals surface area contributed by atoms with Crippen LogP contribution in [0.25, 0.3) is 5.69 Å². The largest absolute Gasteiger partial charge is 0.382 e. The van der Waals surface area contributed by atoms with E-state index in [1.807, 2.05) is 41.1 Å². The zero-order valence-corrected chi connectivity index (χ0v) is 8.43. The SMILES string of the molecule is NCCc1cc(N)nn1-c1ccccc1. The zero-order valence-electron chi connectivity index (χ0n) is 8.43. The number of nitrogens with two attached hydrogens (primary N) is 2. The third-order valence-corrected chi connectivity index (χ3v) is 2.20. The number of rotatable bonds is 3. The first kappa shape index (κ1) is 9.73. The van der Waals surface area contributed by atoms with Crippen LogP contribution < -0.4 is 11.5 Å². The van der Waals surface area contributed by atoms with Gasteiger partial charge in [0, 0.05) is 18.2 Å². The van der Waals surface area contributed by atoms with Gasteiger partial charge < -0.3 is 11.5 Å². The molecular formula is C11H14N4. The Morgan fingerprint density at radius 1 is 1.20 bits per heavy atom. The highest BCUT2D eigenvalue weighted by Gasteiger charge is 2.06. The van der Waals surface area contributed by atoms with Gasteiger partial charge in [-0.25, -0.2) is 4.68 Å². The molecule has 78 valence electrons. The van der Waals surface area contributed by atoms with Crippen molar-refractivity contribution in [3.8, 4) is 5.69 Å². The van der Waals surface area contributed by atoms with Crippen LogP contribution in [0.5, 0.6) is 0 Å². The van der Waals surface area contributed by atoms with Gasteiger partial charge in [0.25, 0.3) is 0 Å². The van der Waals surface area contributed by atoms with E-state index < -0.39 is 0 Å². The average Bonchev–Trinajstić information content (AvgIpc) is 2.62. The van der Waals surface area contributed by atoms with Crippen molar-refractivity contribution in [1.82, 2.24) is 9.78 Å². The summed E-state index contributed by atoms with van der Waals surface area (Å²) in [6.07, 6.45) is 0.777. The number of nitrogen functional groups attached to an aromatic ring is 1. The van der Waals surface area contributed by atoms with Gasteiger partial charge >= 0.3 is 0 Å². The molecule has 0 amide bonds. The molecule has 0 saturated carbocycles. The molecule has 4 nitrogen and oxygen atoms in total. The molecule has 0 aliphatic rings. The highest BCUT2D eigenvalue weighted by atomic mass is 15.3. The second-order valence-electron chi connectivity index (χ2n) is 3.35. The smallest absolute Gasteiger partial charge is 0.146 e. The lowest BCUT2D eigenvalue weighted by molar-refractivity contribution is 0.793. The van der Waals surface area contributed by atoms with E-state index in [4.69, 9.17) is 11.5 Å². The van der Waals surface area contributed by atoms with Gasteiger partial charge in [-0.05, 0) is 18.7 Å². The second kappa shape index (κ2) is 4.14. The highest BCUT2D eigenvalue weighted by Crippen LogP contribution is 2.13. The molecule has 0 spiro atoms. The second-order valence-corrected chi connectivity index (χ2v) is 3.35. The fourth-order valence-electron chi connectivity index (χ4n) is 1.56. The zero-order chi connectivity index (χ0) is 10.7. The van der Waals surface area contributed by atoms with Crippen molar-refractivity contribution >= 4 is 5.82 Å². The summed E-state index contributed by atoms with van der Waals surface area (Å²) in [6, 6.07) is 11.8. The van der Waals surface area contributed by atoms with Gasteiger partial charge in [0.05, 0.1) is 5.69 Å². The predicted molar refractivity (Wildman–Crippen MR) is 60.7 cm³/mol. The molecule has 0 unspecified atom stereocenters. The summed E-state index contributed by atoms with van der Waals surface area (Å²) in [6.45, 7) is 0.595. The Bertz CT molecular complexity index is 433. The van der Waals surface area contributed by atoms with Gasteiger partial charge in [0.2, 0.25) is 0 Å². The van der Waals surface area contributed by atoms with Crippen LogP contribution in [0.4, 0.5) is 5.82 Å². The van der Waals surface area contributed by atoms with Crippen molar-refractivity contribution in [3.63, 3.8) is 0 Å². The number of para-hydroxylation sites is 1. The average molecular weight is 202 g/mol. The van der Waals surface area contributed by atoms with E-state index >= 15 is 0 Å². The van der Waals surface area contributed by atoms with Crippen molar-refractivity contribution in [1.29, 1.82) is 0 Å². The van der Waals surface area contributed by atoms with E-state index in [1.165, 1.54) is 0 Å². The molecule has 1 heterocycles. The number of aromatic nitrogens is 2. The summed E-state index contributed by atoms with van der Waals surface area (Å²) in [5, 5.41) is 4.24. The molecule has 2 aromatic rings. The van der Waals surface area contributed by atoms with Crippen molar-refractivity contribution in [2.75, 3.05) is 12.3 Å². The molecule has 1 aromatic carbocycles. The maximum Gasteiger partial charge on any atom is 0.146 e. The third-order valence-electron chi connectivity index (χ3n) is 2.20. The number of nitrogens with zero attached hydrogens (tertiary/aromatic N) is 2. The van der Waals surface area contributed by atoms with Crippen LogP contribution in [-0.4, -0.2) is 16.3 Å². The van der Waals surface area contributed by atoms with Crippen molar-refractivity contribution in [2.45, 2.75) is 6.42 Å². The first-order valence-electron chi connectivity index (χ1n) is 4.91. The van der Waals surface area contributed by atoms with E-state index in [9.17, 15) is 0 Å². The van der Waals surface area contributed by atoms with E-state index in [0.717, 1.165) is 17.8 Å². The summed E-state index contributed by atoms with van der Waals surface area (Å²) in [4.78, 5) is 0. The summed E-state index contributed by atoms with van der Waals surface area (Å²) in [7, 11) is 0. The van der Waals surface area contributed by atoms with Crippen LogP contribution in [-0.2, 0) is 6.42 Å². The lowest BCUT2D eigenvalue weighted by Gasteiger charge is -2.05. The predicted octanol–water partition coefficient (Wildman–Crippen LogP) is 0.956. The van der Waals surface area contributed by atoms with Crippen LogP contribution >= 0.6 is 0 Å². The fraction of sp³-hybridized carbons (Fsp3) is 0.182. The Kier molecular flexibility index (Phi) is 2.69. The highest BCUT2D eigenvalue weighted by molar-refractivity contribution is 5.38. The summed E-state index contributed by atoms with van der Waals surface area (Å²) in [5.74, 6) is 0.530. The summed E-state index contributed by atoms with van der Waals surface area (Å²) >= 11 is 0. The minimum Gasteiger partial charge on any atom is -0.382 e. The maximum atomic E-state index is 5.67. The molecule has 0 aliphatic heterocycles. The van der Waals surface area contributed by atoms with Crippen LogP contribution in [0.1, 0.15) is 5.69 Å². The van der Waals surface area contributed by atoms with E-state index in [0.29, 0.717) is 12.4 Å². The summed E-state index contributed by atoms with van der Waals surface area (Å²) < 4.78 is 1.84. The molecule has 4 N–H and O–H groups in total. The fourth-order valence-corrected chi connectivity index (χ4v) is 1.56. The van der Waals surface area contributed by atoms with Crippen LogP contribution in [0.3, 0.4) is 0 Å². The molecule has 0 saturated heterocycles. The Morgan fingerprint density at radius 2 is 1.93 bits per heavy atom. The van der Waals surface area contributed by atoms with Gasteiger partial charge in [0.1, 0.15) is 5.82 Å². The Morgan fingerprint density at radius 3 is 2.60 bits per heavy atom. The molecule has 2 rings (SSSR count). The first-order chi connectivity index (χ1) is 7.31. The minimum atomic E-state index is 0.530. The van der Waals surface area contributed by atoms with E-state index in [1.54, 1.807) is 0 Å². The molecule has 4 heteroatoms. The Hall–Kier alpha value is -1.81. The number of hydrogen-bond donors (Lipinski definition) is 2. The van der Waals surface area contributed by atoms with Crippen molar-refractivity contribution in [2.24, 2.45) is 5.73 Å². The molecule has 0 aliphatic carbocycles. The minimum absolute atomic E-state index is 0.530. The monoisotopic (exact) mass is 202 g/mol. The van der Waals surface area contributed by atoms with Gasteiger partial charge in [-0.1, -0.05) is 18.2 Å². The molecule has 0 radical (unpaired) electrons. The van der Waals surface area contributed by atoms with Crippen LogP contribution in [0, 0.1) is 0 Å². The van der Waals surface area contributed by atoms with Crippen molar-refractivity contribution < 1.29 is 0 Å². The lowest BCUT2D eigenvalue weighted by atomic mass is 10.2. The van der Waals surface area contributed by atoms with Crippen molar-refractivity contribution in [3.05, 3.63) is 42.1 Å². The van der Waals surface area contributed by atoms with Crippen LogP contribution in [0.2, 0.25) is 0 Å². The van der Waals surface area contributed by atoms with Gasteiger partial charge in [-0.2, -0.15) is 5.10 Å². The topological polar surface area (TPSA) is 69.9 Å². The molecule has 1 aromatic heterocycles. The Balaban J connectivity index is 2.43. The summed E-state index contributed by atoms with van der Waals surface area (Å²) in [5.41, 5.74) is 13.3. The van der Waals surface area contributed by atoms with Gasteiger partial charge in [-0.15, -0.1) is 0 Å². The molecule has 0 bridgehead atoms. The first-order valence-corrected chi connectivity index (χ1v) is 4.91. The number of anilines is 1. The quantitative estimate of drug-likeness (QED) is 0.778. The van der Waals surface area contributed by atoms with Gasteiger partial charge in [-0.3, -0.25) is 0 Å². The van der Waals surface area contributed by atoms with Gasteiger partial charge in [0.15, 0.2) is 0 Å². The standard InChI is InChI=1S/C11H14N4/c12-7-6-10-8-11(13)14-15(10)9-4-2-1-3-5-9/h1-5,8H,6-7,12H2,(H2,13,14). The third kappa shape index (κ3) is 1.99. The molecule has 15 heavy (non-hydrogen) atoms. The molecule has 0 fully saturated rings. The van der Waals surface area contributed by atoms with E-state index in [-0.39, 0.29) is 0 Å². The number of hydrogen-bond acceptors (Lipinski definition) is 3. The lowest BCUT2D eigenvalue weighted by Crippen LogP contribution is -2.08.